The smallest absolute Gasteiger partial charge is 0.0724 e. The summed E-state index contributed by atoms with van der Waals surface area (Å²) in [5.41, 5.74) is 0. The van der Waals surface area contributed by atoms with Crippen LogP contribution >= 0.6 is 11.8 Å². The van der Waals surface area contributed by atoms with Crippen molar-refractivity contribution in [3.05, 3.63) is 0 Å². The maximum absolute atomic E-state index is 5.51. The van der Waals surface area contributed by atoms with Gasteiger partial charge in [-0.05, 0) is 37.3 Å². The molecule has 0 amide bonds. The maximum atomic E-state index is 5.51. The van der Waals surface area contributed by atoms with Crippen molar-refractivity contribution in [2.45, 2.75) is 51.2 Å². The van der Waals surface area contributed by atoms with E-state index in [1.807, 2.05) is 18.9 Å². The molecule has 2 atom stereocenters. The first kappa shape index (κ1) is 13.3. The van der Waals surface area contributed by atoms with Gasteiger partial charge in [0.05, 0.1) is 6.10 Å². The number of hydrogen-bond acceptors (Lipinski definition) is 3. The van der Waals surface area contributed by atoms with Crippen molar-refractivity contribution < 1.29 is 4.74 Å². The first-order valence-electron chi connectivity index (χ1n) is 6.22. The van der Waals surface area contributed by atoms with Gasteiger partial charge in [0.1, 0.15) is 0 Å². The van der Waals surface area contributed by atoms with Gasteiger partial charge >= 0.3 is 0 Å². The average Bonchev–Trinajstić information content (AvgIpc) is 2.29. The van der Waals surface area contributed by atoms with Crippen molar-refractivity contribution >= 4 is 11.8 Å². The van der Waals surface area contributed by atoms with Gasteiger partial charge in [-0.25, -0.2) is 0 Å². The normalized spacial score (nSPS) is 26.8. The van der Waals surface area contributed by atoms with Gasteiger partial charge in [0.2, 0.25) is 0 Å². The van der Waals surface area contributed by atoms with E-state index in [0.717, 1.165) is 6.54 Å². The molecule has 1 N–H and O–H groups in total. The van der Waals surface area contributed by atoms with Crippen molar-refractivity contribution in [3.63, 3.8) is 0 Å². The lowest BCUT2D eigenvalue weighted by Gasteiger charge is -2.31. The van der Waals surface area contributed by atoms with Crippen molar-refractivity contribution in [1.82, 2.24) is 5.32 Å². The molecular weight excluding hydrogens is 206 g/mol. The highest BCUT2D eigenvalue weighted by Gasteiger charge is 2.23. The fraction of sp³-hybridized carbons (Fsp3) is 1.00. The van der Waals surface area contributed by atoms with Gasteiger partial charge in [-0.3, -0.25) is 0 Å². The number of hydrogen-bond donors (Lipinski definition) is 1. The van der Waals surface area contributed by atoms with Crippen LogP contribution in [0.4, 0.5) is 0 Å². The molecule has 0 aromatic carbocycles. The molecule has 1 rings (SSSR count). The van der Waals surface area contributed by atoms with Crippen LogP contribution in [0.1, 0.15) is 39.0 Å². The highest BCUT2D eigenvalue weighted by molar-refractivity contribution is 7.99. The zero-order valence-electron chi connectivity index (χ0n) is 10.1. The third-order valence-corrected chi connectivity index (χ3v) is 4.07. The van der Waals surface area contributed by atoms with Crippen LogP contribution in [-0.2, 0) is 4.74 Å². The number of methoxy groups -OCH3 is 1. The Kier molecular flexibility index (Phi) is 7.49. The van der Waals surface area contributed by atoms with E-state index in [2.05, 4.69) is 12.2 Å². The van der Waals surface area contributed by atoms with Crippen molar-refractivity contribution in [3.8, 4) is 0 Å². The van der Waals surface area contributed by atoms with Gasteiger partial charge in [-0.1, -0.05) is 19.8 Å². The second-order valence-electron chi connectivity index (χ2n) is 4.17. The van der Waals surface area contributed by atoms with Gasteiger partial charge in [0, 0.05) is 13.2 Å². The van der Waals surface area contributed by atoms with Gasteiger partial charge < -0.3 is 10.1 Å². The summed E-state index contributed by atoms with van der Waals surface area (Å²) in [4.78, 5) is 0. The Bertz CT molecular complexity index is 155. The summed E-state index contributed by atoms with van der Waals surface area (Å²) < 4.78 is 5.51. The molecule has 0 heterocycles. The Labute approximate surface area is 98.5 Å². The first-order chi connectivity index (χ1) is 7.38. The minimum absolute atomic E-state index is 0.456. The molecule has 0 radical (unpaired) electrons. The molecule has 1 aliphatic carbocycles. The Hall–Kier alpha value is 0.270. The number of ether oxygens (including phenoxy) is 1. The van der Waals surface area contributed by atoms with E-state index in [-0.39, 0.29) is 0 Å². The van der Waals surface area contributed by atoms with Crippen molar-refractivity contribution in [1.29, 1.82) is 0 Å². The minimum atomic E-state index is 0.456. The van der Waals surface area contributed by atoms with E-state index >= 15 is 0 Å². The van der Waals surface area contributed by atoms with E-state index < -0.39 is 0 Å². The third kappa shape index (κ3) is 5.23. The highest BCUT2D eigenvalue weighted by atomic mass is 32.2. The Morgan fingerprint density at radius 2 is 2.13 bits per heavy atom. The zero-order chi connectivity index (χ0) is 10.9. The molecule has 90 valence electrons. The summed E-state index contributed by atoms with van der Waals surface area (Å²) >= 11 is 2.03. The molecule has 0 saturated heterocycles. The monoisotopic (exact) mass is 231 g/mol. The standard InChI is InChI=1S/C12H25NOS/c1-3-15-10-6-9-13-11-7-4-5-8-12(11)14-2/h11-13H,3-10H2,1-2H3. The van der Waals surface area contributed by atoms with Gasteiger partial charge in [0.25, 0.3) is 0 Å². The van der Waals surface area contributed by atoms with E-state index in [1.54, 1.807) is 0 Å². The number of rotatable bonds is 7. The molecule has 1 aliphatic rings. The third-order valence-electron chi connectivity index (χ3n) is 3.08. The molecule has 2 nitrogen and oxygen atoms in total. The largest absolute Gasteiger partial charge is 0.380 e. The van der Waals surface area contributed by atoms with Crippen LogP contribution in [0.15, 0.2) is 0 Å². The average molecular weight is 231 g/mol. The van der Waals surface area contributed by atoms with Crippen molar-refractivity contribution in [2.24, 2.45) is 0 Å². The van der Waals surface area contributed by atoms with Crippen LogP contribution in [0.3, 0.4) is 0 Å². The molecule has 1 fully saturated rings. The second-order valence-corrected chi connectivity index (χ2v) is 5.56. The minimum Gasteiger partial charge on any atom is -0.380 e. The quantitative estimate of drug-likeness (QED) is 0.681. The predicted octanol–water partition coefficient (Wildman–Crippen LogP) is 2.68. The van der Waals surface area contributed by atoms with Gasteiger partial charge in [-0.15, -0.1) is 0 Å². The lowest BCUT2D eigenvalue weighted by Crippen LogP contribution is -2.43. The van der Waals surface area contributed by atoms with Gasteiger partial charge in [-0.2, -0.15) is 11.8 Å². The summed E-state index contributed by atoms with van der Waals surface area (Å²) in [7, 11) is 1.84. The van der Waals surface area contributed by atoms with E-state index in [0.29, 0.717) is 12.1 Å². The van der Waals surface area contributed by atoms with Crippen LogP contribution in [0.25, 0.3) is 0 Å². The van der Waals surface area contributed by atoms with Crippen LogP contribution in [0, 0.1) is 0 Å². The second kappa shape index (κ2) is 8.43. The Morgan fingerprint density at radius 3 is 2.87 bits per heavy atom. The SMILES string of the molecule is CCSCCCNC1CCCCC1OC. The van der Waals surface area contributed by atoms with E-state index in [1.165, 1.54) is 43.6 Å². The van der Waals surface area contributed by atoms with Crippen LogP contribution in [0.2, 0.25) is 0 Å². The summed E-state index contributed by atoms with van der Waals surface area (Å²) in [5.74, 6) is 2.53. The van der Waals surface area contributed by atoms with Crippen molar-refractivity contribution in [2.75, 3.05) is 25.2 Å². The zero-order valence-corrected chi connectivity index (χ0v) is 10.9. The molecule has 1 saturated carbocycles. The van der Waals surface area contributed by atoms with E-state index in [4.69, 9.17) is 4.74 Å². The summed E-state index contributed by atoms with van der Waals surface area (Å²) in [6, 6.07) is 0.607. The lowest BCUT2D eigenvalue weighted by molar-refractivity contribution is 0.0421. The van der Waals surface area contributed by atoms with E-state index in [9.17, 15) is 0 Å². The highest BCUT2D eigenvalue weighted by Crippen LogP contribution is 2.20. The fourth-order valence-corrected chi connectivity index (χ4v) is 2.86. The number of thioether (sulfide) groups is 1. The Morgan fingerprint density at radius 1 is 1.33 bits per heavy atom. The first-order valence-corrected chi connectivity index (χ1v) is 7.38. The molecule has 0 bridgehead atoms. The van der Waals surface area contributed by atoms with Crippen LogP contribution in [-0.4, -0.2) is 37.3 Å². The number of nitrogens with one attached hydrogen (secondary N) is 1. The summed E-state index contributed by atoms with van der Waals surface area (Å²) in [5, 5.41) is 3.64. The summed E-state index contributed by atoms with van der Waals surface area (Å²) in [6.45, 7) is 3.37. The predicted molar refractivity (Wildman–Crippen MR) is 68.7 cm³/mol. The maximum Gasteiger partial charge on any atom is 0.0724 e. The molecule has 3 heteroatoms. The van der Waals surface area contributed by atoms with Crippen LogP contribution in [0.5, 0.6) is 0 Å². The molecule has 0 aromatic rings. The summed E-state index contributed by atoms with van der Waals surface area (Å²) in [6.07, 6.45) is 6.96. The molecule has 0 spiro atoms. The topological polar surface area (TPSA) is 21.3 Å². The molecule has 0 aromatic heterocycles. The molecule has 15 heavy (non-hydrogen) atoms. The lowest BCUT2D eigenvalue weighted by atomic mass is 9.92. The fourth-order valence-electron chi connectivity index (χ4n) is 2.22. The van der Waals surface area contributed by atoms with Gasteiger partial charge in [0.15, 0.2) is 0 Å². The molecule has 2 unspecified atom stereocenters. The van der Waals surface area contributed by atoms with Crippen LogP contribution < -0.4 is 5.32 Å². The molecular formula is C12H25NOS. The Balaban J connectivity index is 2.07. The molecule has 0 aliphatic heterocycles.